The summed E-state index contributed by atoms with van der Waals surface area (Å²) < 4.78 is 172. The molecule has 0 saturated carbocycles. The Hall–Kier alpha value is -10.1. The number of aliphatic hydroxyl groups is 3. The number of halogens is 6. The molecule has 4 saturated heterocycles. The first kappa shape index (κ1) is 98.4. The highest BCUT2D eigenvalue weighted by atomic mass is 35.5. The first-order valence-corrected chi connectivity index (χ1v) is 40.4. The first-order valence-electron chi connectivity index (χ1n) is 39.3. The van der Waals surface area contributed by atoms with Gasteiger partial charge < -0.3 is 120 Å². The van der Waals surface area contributed by atoms with Gasteiger partial charge in [-0.1, -0.05) is 112 Å². The van der Waals surface area contributed by atoms with Crippen LogP contribution in [0, 0.1) is 17.8 Å². The molecule has 8 aliphatic rings. The van der Waals surface area contributed by atoms with Crippen LogP contribution in [0.4, 0.5) is 22.0 Å². The van der Waals surface area contributed by atoms with Crippen molar-refractivity contribution in [3.63, 3.8) is 0 Å². The molecule has 0 bridgehead atoms. The van der Waals surface area contributed by atoms with Gasteiger partial charge >= 0.3 is 49.5 Å². The van der Waals surface area contributed by atoms with E-state index < -0.39 is 227 Å². The van der Waals surface area contributed by atoms with Gasteiger partial charge in [-0.3, -0.25) is 38.1 Å². The number of benzene rings is 1. The third-order valence-corrected chi connectivity index (χ3v) is 21.1. The Balaban J connectivity index is 0.000000261. The quantitative estimate of drug-likeness (QED) is 0.00486. The number of aliphatic imine (C=N–C) groups is 2. The summed E-state index contributed by atoms with van der Waals surface area (Å²) >= 11 is 6.08. The summed E-state index contributed by atoms with van der Waals surface area (Å²) in [6.07, 6.45) is -6.67. The lowest BCUT2D eigenvalue weighted by Gasteiger charge is -2.37. The fraction of sp³-hybridized carbons (Fsp3) is 0.571. The fourth-order valence-corrected chi connectivity index (χ4v) is 14.0. The third-order valence-electron chi connectivity index (χ3n) is 19.1. The number of carbonyl (C=O) groups excluding carboxylic acids is 7. The molecule has 3 unspecified atom stereocenters. The average molecular weight is 1790 g/mol. The van der Waals surface area contributed by atoms with Gasteiger partial charge in [0.25, 0.3) is 5.91 Å². The van der Waals surface area contributed by atoms with Gasteiger partial charge in [0.15, 0.2) is 60.0 Å². The molecule has 46 heteroatoms. The van der Waals surface area contributed by atoms with Crippen LogP contribution in [0.25, 0.3) is 10.4 Å². The van der Waals surface area contributed by atoms with E-state index in [2.05, 4.69) is 68.6 Å². The summed E-state index contributed by atoms with van der Waals surface area (Å²) in [5.41, 5.74) is 21.5. The van der Waals surface area contributed by atoms with Crippen LogP contribution < -0.4 is 43.2 Å². The molecule has 682 valence electrons. The van der Waals surface area contributed by atoms with E-state index in [-0.39, 0.29) is 60.1 Å². The van der Waals surface area contributed by atoms with E-state index >= 15 is 17.6 Å². The molecular weight excluding hydrogens is 1680 g/mol. The normalized spacial score (nSPS) is 30.3. The van der Waals surface area contributed by atoms with Crippen LogP contribution in [-0.2, 0) is 96.6 Å². The molecule has 9 rings (SSSR count). The molecule has 123 heavy (non-hydrogen) atoms. The van der Waals surface area contributed by atoms with E-state index in [4.69, 9.17) is 99.2 Å². The number of rotatable bonds is 32. The van der Waals surface area contributed by atoms with Crippen molar-refractivity contribution in [2.75, 3.05) is 45.5 Å². The van der Waals surface area contributed by atoms with Gasteiger partial charge in [0, 0.05) is 55.2 Å². The average Bonchev–Trinajstić information content (AvgIpc) is 1.62. The van der Waals surface area contributed by atoms with E-state index in [0.717, 1.165) is 22.6 Å². The van der Waals surface area contributed by atoms with Gasteiger partial charge in [-0.05, 0) is 69.2 Å². The maximum absolute atomic E-state index is 15.7. The second kappa shape index (κ2) is 43.0. The van der Waals surface area contributed by atoms with Crippen molar-refractivity contribution in [2.24, 2.45) is 55.8 Å². The number of alkyl halides is 6. The zero-order chi connectivity index (χ0) is 94.2. The Kier molecular flexibility index (Phi) is 34.4. The maximum atomic E-state index is 15.7. The zero-order valence-corrected chi connectivity index (χ0v) is 71.3. The van der Waals surface area contributed by atoms with Crippen molar-refractivity contribution in [1.29, 1.82) is 0 Å². The second-order valence-corrected chi connectivity index (χ2v) is 32.0. The third kappa shape index (κ3) is 24.3. The number of carbonyl (C=O) groups is 7. The highest BCUT2D eigenvalue weighted by molar-refractivity contribution is 7.52. The Morgan fingerprint density at radius 3 is 1.80 bits per heavy atom. The van der Waals surface area contributed by atoms with Crippen molar-refractivity contribution in [1.82, 2.24) is 35.3 Å². The van der Waals surface area contributed by atoms with Crippen LogP contribution in [0.15, 0.2) is 151 Å². The molecule has 0 spiro atoms. The van der Waals surface area contributed by atoms with Crippen molar-refractivity contribution in [3.8, 4) is 5.75 Å². The number of azide groups is 1. The SMILES string of the molecule is C=C1NC(=O)C=CN1[C@@H]1O[C@](CF)(COP(=O)(NC(C)C(=O)OC(C)C)Oc2ccc(CN)cc2)[C@@H](O)[C@@]1(C)O.C=C1NC(N)C=CN1[C@@H]1O[C@@](CO)(CN=[N+]=[N-])[C@@H](OC(=O)C(C)C)[C@H]1F.C=C[C@]1(COC(=O)CC)O[C@@H](N2C=CC(N)=NC2=C)C(F)(F)[C@@H]1OC(=O)CC.[2H]C([2H])(OC(=O)C(C)C)[C@@]1(CCl)O[C@@H](N2C=CC(N)=NC2=C)[C@H](F)[C@@H]1OC(=O)C(C)C. The number of amidine groups is 2. The summed E-state index contributed by atoms with van der Waals surface area (Å²) in [7, 11) is -4.49. The van der Waals surface area contributed by atoms with Gasteiger partial charge in [-0.15, -0.1) is 11.6 Å². The summed E-state index contributed by atoms with van der Waals surface area (Å²) in [5.74, 6) is -10.8. The topological polar surface area (TPSA) is 535 Å². The maximum Gasteiger partial charge on any atom is 0.459 e. The number of hydrogen-bond acceptors (Lipinski definition) is 35. The summed E-state index contributed by atoms with van der Waals surface area (Å²) in [4.78, 5) is 99.0. The molecule has 8 aliphatic heterocycles. The van der Waals surface area contributed by atoms with E-state index in [0.29, 0.717) is 0 Å². The van der Waals surface area contributed by atoms with Crippen LogP contribution in [0.2, 0.25) is 0 Å². The minimum absolute atomic E-state index is 0.00893. The van der Waals surface area contributed by atoms with E-state index in [1.165, 1.54) is 112 Å². The molecule has 1 aromatic rings. The number of ether oxygens (including phenoxy) is 10. The van der Waals surface area contributed by atoms with Gasteiger partial charge in [0.05, 0.1) is 58.4 Å². The van der Waals surface area contributed by atoms with Gasteiger partial charge in [-0.2, -0.15) is 13.9 Å². The smallest absolute Gasteiger partial charge is 0.459 e. The van der Waals surface area contributed by atoms with Crippen LogP contribution in [-0.4, -0.2) is 248 Å². The van der Waals surface area contributed by atoms with E-state index in [1.54, 1.807) is 52.8 Å². The Bertz CT molecular complexity index is 4440. The highest BCUT2D eigenvalue weighted by Gasteiger charge is 2.71. The summed E-state index contributed by atoms with van der Waals surface area (Å²) in [5, 5.41) is 43.1. The predicted octanol–water partition coefficient (Wildman–Crippen LogP) is 5.56. The van der Waals surface area contributed by atoms with Crippen molar-refractivity contribution in [2.45, 2.75) is 216 Å². The number of esters is 6. The van der Waals surface area contributed by atoms with Crippen molar-refractivity contribution in [3.05, 3.63) is 152 Å². The number of nitrogens with two attached hydrogens (primary N) is 4. The molecule has 0 aromatic heterocycles. The molecule has 4 fully saturated rings. The summed E-state index contributed by atoms with van der Waals surface area (Å²) in [6, 6.07) is 5.03. The number of aliphatic hydroxyl groups excluding tert-OH is 2. The Morgan fingerprint density at radius 1 is 0.772 bits per heavy atom. The fourth-order valence-electron chi connectivity index (χ4n) is 12.2. The number of hydrogen-bond donors (Lipinski definition) is 10. The van der Waals surface area contributed by atoms with Crippen LogP contribution >= 0.6 is 19.3 Å². The lowest BCUT2D eigenvalue weighted by atomic mass is 9.88. The molecule has 8 heterocycles. The molecule has 1 amide bonds. The molecular formula is C77H109ClF5N16O23P. The minimum atomic E-state index is -4.49. The minimum Gasteiger partial charge on any atom is -0.462 e. The molecule has 1 aromatic carbocycles. The van der Waals surface area contributed by atoms with Gasteiger partial charge in [-0.25, -0.2) is 27.7 Å². The number of nitrogens with one attached hydrogen (secondary N) is 3. The molecule has 0 radical (unpaired) electrons. The van der Waals surface area contributed by atoms with Gasteiger partial charge in [0.1, 0.15) is 83.9 Å². The van der Waals surface area contributed by atoms with Crippen LogP contribution in [0.3, 0.4) is 0 Å². The van der Waals surface area contributed by atoms with E-state index in [9.17, 15) is 57.8 Å². The Morgan fingerprint density at radius 2 is 1.32 bits per heavy atom. The second-order valence-electron chi connectivity index (χ2n) is 30.0. The van der Waals surface area contributed by atoms with Gasteiger partial charge in [0.2, 0.25) is 12.3 Å². The van der Waals surface area contributed by atoms with Crippen LogP contribution in [0.5, 0.6) is 5.75 Å². The van der Waals surface area contributed by atoms with Crippen LogP contribution in [0.1, 0.15) is 104 Å². The zero-order valence-electron chi connectivity index (χ0n) is 71.7. The Labute approximate surface area is 714 Å². The van der Waals surface area contributed by atoms with Crippen molar-refractivity contribution < 1.29 is 135 Å². The number of amides is 1. The lowest BCUT2D eigenvalue weighted by molar-refractivity contribution is -0.180. The first-order chi connectivity index (χ1) is 58.3. The monoisotopic (exact) mass is 1790 g/mol. The lowest BCUT2D eigenvalue weighted by Crippen LogP contribution is -2.55. The standard InChI is InChI=1S/C25H36FN4O9P.C19H27ClFN3O5.C18H23F2N3O5.C15H23FN6O4/c1-15(2)37-21(32)16(3)29-40(35,39-19-8-6-18(12-27)7-9-19)36-14-25(13-26)22(33)24(5,34)23(38-25)30-11-10-20(31)28-17(30)4;1-10(2)17(25)27-9-19(8-20)15(28-18(26)11(3)4)14(21)16(29-19)24-7-6-13(22)23-12(24)5;1-5-13(24)26-10-17(7-3)15(27-14(25)6-2)18(19,20)16(28-17)23-9-8-12(21)22-11(23)4;1-8(2)14(24)25-12-11(16)13(22-5-4-10(17)20-9(22)3)26-15(12,7-23)6-19-21-18/h6-11,15-16,22-23,33-34H,4,12-14,27H2,1-3,5H3,(H,28,31)(H,29,35);6-7,10-11,14-16H,5,8-9H2,1-4H3,(H2,22,23);7-9,15-16H,3-6,10H2,1-2H3,(H2,21,22);4-5,8,10-13,20,23H,3,6-7,17H2,1-2H3/t16?,22-,23+,24+,25+,40?;14-,15+,16-,19-;15-,16-,17-;10?,11-,12+,13-,15-/m0111/s1/i;9D2;;. The predicted molar refractivity (Wildman–Crippen MR) is 432 cm³/mol. The largest absolute Gasteiger partial charge is 0.462 e. The molecule has 14 N–H and O–H groups in total. The highest BCUT2D eigenvalue weighted by Crippen LogP contribution is 2.51. The molecule has 18 atom stereocenters. The van der Waals surface area contributed by atoms with E-state index in [1.807, 2.05) is 0 Å². The van der Waals surface area contributed by atoms with Crippen molar-refractivity contribution >= 4 is 72.7 Å². The summed E-state index contributed by atoms with van der Waals surface area (Å²) in [6.45, 7) is 29.7. The molecule has 0 aliphatic carbocycles. The number of nitrogens with zero attached hydrogens (tertiary/aromatic N) is 9. The molecule has 39 nitrogen and oxygen atoms in total.